The molecule has 3 heterocycles. The first kappa shape index (κ1) is 19.1. The Morgan fingerprint density at radius 2 is 1.97 bits per heavy atom. The second-order valence-electron chi connectivity index (χ2n) is 7.42. The molecule has 1 fully saturated rings. The average Bonchev–Trinajstić information content (AvgIpc) is 3.17. The molecular formula is C21H24N6O2. The fourth-order valence-corrected chi connectivity index (χ4v) is 3.98. The van der Waals surface area contributed by atoms with Gasteiger partial charge in [0, 0.05) is 35.1 Å². The standard InChI is InChI=1S/C21H24N6O2/c1-13(20(29)26-21-23-7-2-8-24-21)27-9-5-14(6-10-27)17-12-25-18-4-3-15(19(22)28)11-16(17)18/h2-4,7-8,11-14,25H,5-6,9-10H2,1H3,(H2,22,28)(H,23,24,26,29). The maximum atomic E-state index is 12.5. The number of H-pyrrole nitrogens is 1. The summed E-state index contributed by atoms with van der Waals surface area (Å²) in [5.74, 6) is 0.170. The summed E-state index contributed by atoms with van der Waals surface area (Å²) in [7, 11) is 0. The van der Waals surface area contributed by atoms with Gasteiger partial charge in [-0.25, -0.2) is 9.97 Å². The van der Waals surface area contributed by atoms with E-state index in [0.717, 1.165) is 36.8 Å². The van der Waals surface area contributed by atoms with Crippen molar-refractivity contribution in [3.8, 4) is 0 Å². The number of fused-ring (bicyclic) bond motifs is 1. The van der Waals surface area contributed by atoms with Gasteiger partial charge in [0.15, 0.2) is 0 Å². The molecule has 1 aliphatic rings. The molecule has 0 bridgehead atoms. The number of aromatic nitrogens is 3. The van der Waals surface area contributed by atoms with E-state index in [1.807, 2.05) is 25.3 Å². The van der Waals surface area contributed by atoms with E-state index in [-0.39, 0.29) is 11.9 Å². The summed E-state index contributed by atoms with van der Waals surface area (Å²) in [5, 5.41) is 3.82. The van der Waals surface area contributed by atoms with E-state index < -0.39 is 5.91 Å². The molecule has 3 aromatic rings. The van der Waals surface area contributed by atoms with Crippen LogP contribution < -0.4 is 11.1 Å². The summed E-state index contributed by atoms with van der Waals surface area (Å²) in [6.45, 7) is 3.54. The van der Waals surface area contributed by atoms with E-state index in [4.69, 9.17) is 5.73 Å². The van der Waals surface area contributed by atoms with Gasteiger partial charge in [-0.15, -0.1) is 0 Å². The highest BCUT2D eigenvalue weighted by atomic mass is 16.2. The molecule has 8 nitrogen and oxygen atoms in total. The number of nitrogens with zero attached hydrogens (tertiary/aromatic N) is 3. The molecule has 1 unspecified atom stereocenters. The Morgan fingerprint density at radius 1 is 1.24 bits per heavy atom. The minimum Gasteiger partial charge on any atom is -0.366 e. The van der Waals surface area contributed by atoms with E-state index in [2.05, 4.69) is 25.2 Å². The number of amides is 2. The minimum absolute atomic E-state index is 0.104. The summed E-state index contributed by atoms with van der Waals surface area (Å²) in [6, 6.07) is 6.95. The van der Waals surface area contributed by atoms with E-state index in [1.54, 1.807) is 24.5 Å². The van der Waals surface area contributed by atoms with Crippen molar-refractivity contribution >= 4 is 28.7 Å². The van der Waals surface area contributed by atoms with Gasteiger partial charge in [-0.1, -0.05) is 0 Å². The zero-order valence-corrected chi connectivity index (χ0v) is 16.3. The van der Waals surface area contributed by atoms with Crippen LogP contribution in [0.2, 0.25) is 0 Å². The fourth-order valence-electron chi connectivity index (χ4n) is 3.98. The Kier molecular flexibility index (Phi) is 5.26. The highest BCUT2D eigenvalue weighted by Gasteiger charge is 2.28. The summed E-state index contributed by atoms with van der Waals surface area (Å²) in [6.07, 6.45) is 7.10. The van der Waals surface area contributed by atoms with E-state index in [1.165, 1.54) is 5.56 Å². The highest BCUT2D eigenvalue weighted by molar-refractivity contribution is 5.98. The Labute approximate surface area is 168 Å². The summed E-state index contributed by atoms with van der Waals surface area (Å²) in [5.41, 5.74) is 8.16. The first-order chi connectivity index (χ1) is 14.0. The first-order valence-electron chi connectivity index (χ1n) is 9.75. The van der Waals surface area contributed by atoms with Crippen molar-refractivity contribution in [2.45, 2.75) is 31.7 Å². The van der Waals surface area contributed by atoms with Gasteiger partial charge in [-0.05, 0) is 68.6 Å². The molecule has 1 saturated heterocycles. The molecule has 1 atom stereocenters. The molecule has 4 N–H and O–H groups in total. The number of benzene rings is 1. The molecule has 0 saturated carbocycles. The van der Waals surface area contributed by atoms with Gasteiger partial charge in [-0.3, -0.25) is 19.8 Å². The SMILES string of the molecule is CC(C(=O)Nc1ncccn1)N1CCC(c2c[nH]c3ccc(C(N)=O)cc23)CC1. The van der Waals surface area contributed by atoms with Crippen LogP contribution in [-0.2, 0) is 4.79 Å². The van der Waals surface area contributed by atoms with Crippen LogP contribution in [-0.4, -0.2) is 50.8 Å². The lowest BCUT2D eigenvalue weighted by Crippen LogP contribution is -2.45. The van der Waals surface area contributed by atoms with Crippen LogP contribution in [0.25, 0.3) is 10.9 Å². The third-order valence-corrected chi connectivity index (χ3v) is 5.70. The Bertz CT molecular complexity index is 1020. The molecule has 8 heteroatoms. The number of hydrogen-bond acceptors (Lipinski definition) is 5. The van der Waals surface area contributed by atoms with Crippen molar-refractivity contribution in [3.05, 3.63) is 54.0 Å². The topological polar surface area (TPSA) is 117 Å². The summed E-state index contributed by atoms with van der Waals surface area (Å²) >= 11 is 0. The Morgan fingerprint density at radius 3 is 2.66 bits per heavy atom. The number of anilines is 1. The van der Waals surface area contributed by atoms with Crippen molar-refractivity contribution in [1.82, 2.24) is 19.9 Å². The third kappa shape index (κ3) is 3.97. The molecule has 2 aromatic heterocycles. The van der Waals surface area contributed by atoms with Gasteiger partial charge in [0.1, 0.15) is 0 Å². The summed E-state index contributed by atoms with van der Waals surface area (Å²) < 4.78 is 0. The number of aromatic amines is 1. The molecule has 29 heavy (non-hydrogen) atoms. The van der Waals surface area contributed by atoms with Crippen LogP contribution in [0.4, 0.5) is 5.95 Å². The van der Waals surface area contributed by atoms with Crippen molar-refractivity contribution in [3.63, 3.8) is 0 Å². The van der Waals surface area contributed by atoms with Crippen LogP contribution in [0.3, 0.4) is 0 Å². The monoisotopic (exact) mass is 392 g/mol. The van der Waals surface area contributed by atoms with Crippen molar-refractivity contribution in [2.75, 3.05) is 18.4 Å². The predicted octanol–water partition coefficient (Wildman–Crippen LogP) is 2.26. The van der Waals surface area contributed by atoms with Crippen LogP contribution in [0.1, 0.15) is 41.6 Å². The number of rotatable bonds is 5. The molecule has 4 rings (SSSR count). The molecule has 1 aliphatic heterocycles. The second-order valence-corrected chi connectivity index (χ2v) is 7.42. The number of hydrogen-bond donors (Lipinski definition) is 3. The van der Waals surface area contributed by atoms with Crippen LogP contribution in [0, 0.1) is 0 Å². The molecule has 0 radical (unpaired) electrons. The fraction of sp³-hybridized carbons (Fsp3) is 0.333. The van der Waals surface area contributed by atoms with E-state index in [9.17, 15) is 9.59 Å². The smallest absolute Gasteiger partial charge is 0.248 e. The van der Waals surface area contributed by atoms with Gasteiger partial charge in [0.2, 0.25) is 17.8 Å². The minimum atomic E-state index is -0.420. The van der Waals surface area contributed by atoms with Gasteiger partial charge >= 0.3 is 0 Å². The third-order valence-electron chi connectivity index (χ3n) is 5.70. The number of nitrogens with two attached hydrogens (primary N) is 1. The normalized spacial score (nSPS) is 16.6. The summed E-state index contributed by atoms with van der Waals surface area (Å²) in [4.78, 5) is 37.6. The van der Waals surface area contributed by atoms with E-state index in [0.29, 0.717) is 17.4 Å². The van der Waals surface area contributed by atoms with Gasteiger partial charge < -0.3 is 10.7 Å². The van der Waals surface area contributed by atoms with Crippen molar-refractivity contribution < 1.29 is 9.59 Å². The van der Waals surface area contributed by atoms with Crippen LogP contribution in [0.15, 0.2) is 42.9 Å². The largest absolute Gasteiger partial charge is 0.366 e. The van der Waals surface area contributed by atoms with Gasteiger partial charge in [-0.2, -0.15) is 0 Å². The van der Waals surface area contributed by atoms with Crippen LogP contribution >= 0.6 is 0 Å². The predicted molar refractivity (Wildman–Crippen MR) is 110 cm³/mol. The zero-order chi connectivity index (χ0) is 20.4. The molecule has 2 amide bonds. The van der Waals surface area contributed by atoms with E-state index >= 15 is 0 Å². The number of carbonyl (C=O) groups is 2. The lowest BCUT2D eigenvalue weighted by atomic mass is 9.88. The second kappa shape index (κ2) is 8.00. The lowest BCUT2D eigenvalue weighted by Gasteiger charge is -2.35. The number of nitrogens with one attached hydrogen (secondary N) is 2. The van der Waals surface area contributed by atoms with Crippen LogP contribution in [0.5, 0.6) is 0 Å². The van der Waals surface area contributed by atoms with Crippen molar-refractivity contribution in [1.29, 1.82) is 0 Å². The number of piperidine rings is 1. The quantitative estimate of drug-likeness (QED) is 0.616. The van der Waals surface area contributed by atoms with Crippen molar-refractivity contribution in [2.24, 2.45) is 5.73 Å². The first-order valence-corrected chi connectivity index (χ1v) is 9.75. The Balaban J connectivity index is 1.41. The van der Waals surface area contributed by atoms with Gasteiger partial charge in [0.25, 0.3) is 0 Å². The molecular weight excluding hydrogens is 368 g/mol. The average molecular weight is 392 g/mol. The zero-order valence-electron chi connectivity index (χ0n) is 16.3. The Hall–Kier alpha value is -3.26. The molecule has 1 aromatic carbocycles. The molecule has 0 aliphatic carbocycles. The highest BCUT2D eigenvalue weighted by Crippen LogP contribution is 2.34. The maximum absolute atomic E-state index is 12.5. The molecule has 0 spiro atoms. The number of carbonyl (C=O) groups excluding carboxylic acids is 2. The number of likely N-dealkylation sites (tertiary alicyclic amines) is 1. The molecule has 150 valence electrons. The van der Waals surface area contributed by atoms with Gasteiger partial charge in [0.05, 0.1) is 6.04 Å². The lowest BCUT2D eigenvalue weighted by molar-refractivity contribution is -0.121. The number of primary amides is 1. The maximum Gasteiger partial charge on any atom is 0.248 e.